The van der Waals surface area contributed by atoms with E-state index in [1.807, 2.05) is 6.92 Å². The van der Waals surface area contributed by atoms with Gasteiger partial charge >= 0.3 is 0 Å². The third kappa shape index (κ3) is 5.68. The Labute approximate surface area is 169 Å². The molecule has 2 amide bonds. The lowest BCUT2D eigenvalue weighted by molar-refractivity contribution is -0.116. The molecule has 0 bridgehead atoms. The van der Waals surface area contributed by atoms with Crippen molar-refractivity contribution < 1.29 is 19.1 Å². The van der Waals surface area contributed by atoms with Gasteiger partial charge in [0.25, 0.3) is 5.91 Å². The molecule has 7 nitrogen and oxygen atoms in total. The summed E-state index contributed by atoms with van der Waals surface area (Å²) in [7, 11) is 2.95. The van der Waals surface area contributed by atoms with Gasteiger partial charge in [0.15, 0.2) is 5.11 Å². The van der Waals surface area contributed by atoms with Crippen molar-refractivity contribution in [1.29, 1.82) is 0 Å². The zero-order chi connectivity index (χ0) is 20.5. The first kappa shape index (κ1) is 21.2. The smallest absolute Gasteiger partial charge is 0.264 e. The fourth-order valence-electron chi connectivity index (χ4n) is 2.49. The van der Waals surface area contributed by atoms with Crippen molar-refractivity contribution in [2.75, 3.05) is 24.9 Å². The molecule has 2 aromatic carbocycles. The van der Waals surface area contributed by atoms with Gasteiger partial charge in [-0.15, -0.1) is 0 Å². The number of thiocarbonyl (C=S) groups is 1. The van der Waals surface area contributed by atoms with Crippen LogP contribution in [-0.4, -0.2) is 31.1 Å². The van der Waals surface area contributed by atoms with Crippen LogP contribution in [-0.2, 0) is 4.79 Å². The van der Waals surface area contributed by atoms with Crippen LogP contribution in [0.4, 0.5) is 11.4 Å². The molecule has 0 saturated heterocycles. The van der Waals surface area contributed by atoms with Gasteiger partial charge < -0.3 is 20.1 Å². The minimum atomic E-state index is -0.449. The molecule has 0 atom stereocenters. The Hall–Kier alpha value is -3.13. The van der Waals surface area contributed by atoms with Crippen LogP contribution in [0.25, 0.3) is 0 Å². The topological polar surface area (TPSA) is 88.7 Å². The number of amides is 2. The van der Waals surface area contributed by atoms with Crippen molar-refractivity contribution in [3.05, 3.63) is 48.0 Å². The Morgan fingerprint density at radius 3 is 1.96 bits per heavy atom. The summed E-state index contributed by atoms with van der Waals surface area (Å²) < 4.78 is 10.5. The SMILES string of the molecule is CCCC(=O)Nc1ccc(NC(=S)NC(=O)c2c(OC)cccc2OC)cc1. The maximum Gasteiger partial charge on any atom is 0.264 e. The largest absolute Gasteiger partial charge is 0.496 e. The van der Waals surface area contributed by atoms with Crippen LogP contribution in [0.1, 0.15) is 30.1 Å². The highest BCUT2D eigenvalue weighted by molar-refractivity contribution is 7.80. The van der Waals surface area contributed by atoms with Gasteiger partial charge in [-0.3, -0.25) is 14.9 Å². The van der Waals surface area contributed by atoms with Crippen molar-refractivity contribution in [1.82, 2.24) is 5.32 Å². The van der Waals surface area contributed by atoms with Gasteiger partial charge in [0, 0.05) is 17.8 Å². The van der Waals surface area contributed by atoms with Gasteiger partial charge in [-0.2, -0.15) is 0 Å². The first-order chi connectivity index (χ1) is 13.5. The van der Waals surface area contributed by atoms with Crippen molar-refractivity contribution in [3.8, 4) is 11.5 Å². The molecule has 0 unspecified atom stereocenters. The van der Waals surface area contributed by atoms with Gasteiger partial charge in [-0.25, -0.2) is 0 Å². The third-order valence-electron chi connectivity index (χ3n) is 3.79. The lowest BCUT2D eigenvalue weighted by atomic mass is 10.1. The fourth-order valence-corrected chi connectivity index (χ4v) is 2.70. The average Bonchev–Trinajstić information content (AvgIpc) is 2.68. The molecule has 0 aliphatic rings. The number of methoxy groups -OCH3 is 2. The van der Waals surface area contributed by atoms with E-state index in [0.717, 1.165) is 6.42 Å². The molecule has 2 aromatic rings. The van der Waals surface area contributed by atoms with E-state index < -0.39 is 5.91 Å². The molecular formula is C20H23N3O4S. The van der Waals surface area contributed by atoms with E-state index in [-0.39, 0.29) is 16.6 Å². The van der Waals surface area contributed by atoms with E-state index in [1.165, 1.54) is 14.2 Å². The van der Waals surface area contributed by atoms with Crippen LogP contribution in [0.3, 0.4) is 0 Å². The molecule has 0 heterocycles. The number of hydrogen-bond acceptors (Lipinski definition) is 5. The Morgan fingerprint density at radius 1 is 0.929 bits per heavy atom. The molecule has 0 aliphatic heterocycles. The summed E-state index contributed by atoms with van der Waals surface area (Å²) in [5, 5.41) is 8.47. The highest BCUT2D eigenvalue weighted by atomic mass is 32.1. The zero-order valence-corrected chi connectivity index (χ0v) is 16.8. The van der Waals surface area contributed by atoms with E-state index in [9.17, 15) is 9.59 Å². The molecule has 0 aromatic heterocycles. The molecule has 2 rings (SSSR count). The van der Waals surface area contributed by atoms with E-state index in [1.54, 1.807) is 42.5 Å². The lowest BCUT2D eigenvalue weighted by Crippen LogP contribution is -2.34. The summed E-state index contributed by atoms with van der Waals surface area (Å²) in [6, 6.07) is 12.1. The average molecular weight is 401 g/mol. The second kappa shape index (κ2) is 10.3. The Bertz CT molecular complexity index is 831. The summed E-state index contributed by atoms with van der Waals surface area (Å²) in [6.07, 6.45) is 1.26. The van der Waals surface area contributed by atoms with E-state index in [4.69, 9.17) is 21.7 Å². The number of ether oxygens (including phenoxy) is 2. The molecule has 0 spiro atoms. The highest BCUT2D eigenvalue weighted by Gasteiger charge is 2.19. The monoisotopic (exact) mass is 401 g/mol. The molecule has 0 fully saturated rings. The van der Waals surface area contributed by atoms with Gasteiger partial charge in [-0.05, 0) is 55.0 Å². The number of carbonyl (C=O) groups excluding carboxylic acids is 2. The predicted octanol–water partition coefficient (Wildman–Crippen LogP) is 3.57. The van der Waals surface area contributed by atoms with Crippen molar-refractivity contribution in [2.45, 2.75) is 19.8 Å². The van der Waals surface area contributed by atoms with Crippen LogP contribution >= 0.6 is 12.2 Å². The summed E-state index contributed by atoms with van der Waals surface area (Å²) in [6.45, 7) is 1.95. The number of hydrogen-bond donors (Lipinski definition) is 3. The van der Waals surface area contributed by atoms with E-state index in [0.29, 0.717) is 29.3 Å². The normalized spacial score (nSPS) is 9.96. The molecule has 8 heteroatoms. The molecule has 0 radical (unpaired) electrons. The quantitative estimate of drug-likeness (QED) is 0.615. The maximum atomic E-state index is 12.6. The van der Waals surface area contributed by atoms with Gasteiger partial charge in [-0.1, -0.05) is 13.0 Å². The van der Waals surface area contributed by atoms with E-state index in [2.05, 4.69) is 16.0 Å². The molecular weight excluding hydrogens is 378 g/mol. The number of carbonyl (C=O) groups is 2. The van der Waals surface area contributed by atoms with Crippen LogP contribution in [0, 0.1) is 0 Å². The number of anilines is 2. The third-order valence-corrected chi connectivity index (χ3v) is 3.99. The predicted molar refractivity (Wildman–Crippen MR) is 113 cm³/mol. The maximum absolute atomic E-state index is 12.6. The standard InChI is InChI=1S/C20H23N3O4S/c1-4-6-17(24)21-13-9-11-14(12-10-13)22-20(28)23-19(25)18-15(26-2)7-5-8-16(18)27-3/h5,7-12H,4,6H2,1-3H3,(H,21,24)(H2,22,23,25,28). The summed E-state index contributed by atoms with van der Waals surface area (Å²) in [5.41, 5.74) is 1.62. The molecule has 28 heavy (non-hydrogen) atoms. The Balaban J connectivity index is 2.01. The summed E-state index contributed by atoms with van der Waals surface area (Å²) in [4.78, 5) is 24.2. The van der Waals surface area contributed by atoms with Gasteiger partial charge in [0.05, 0.1) is 14.2 Å². The molecule has 0 saturated carbocycles. The fraction of sp³-hybridized carbons (Fsp3) is 0.250. The highest BCUT2D eigenvalue weighted by Crippen LogP contribution is 2.28. The Morgan fingerprint density at radius 2 is 1.46 bits per heavy atom. The second-order valence-electron chi connectivity index (χ2n) is 5.82. The minimum Gasteiger partial charge on any atom is -0.496 e. The summed E-state index contributed by atoms with van der Waals surface area (Å²) in [5.74, 6) is 0.283. The van der Waals surface area contributed by atoms with E-state index >= 15 is 0 Å². The molecule has 3 N–H and O–H groups in total. The summed E-state index contributed by atoms with van der Waals surface area (Å²) >= 11 is 5.21. The van der Waals surface area contributed by atoms with Crippen molar-refractivity contribution in [2.24, 2.45) is 0 Å². The lowest BCUT2D eigenvalue weighted by Gasteiger charge is -2.14. The minimum absolute atomic E-state index is 0.0308. The first-order valence-corrected chi connectivity index (χ1v) is 9.12. The van der Waals surface area contributed by atoms with Crippen molar-refractivity contribution in [3.63, 3.8) is 0 Å². The van der Waals surface area contributed by atoms with Gasteiger partial charge in [0.2, 0.25) is 5.91 Å². The number of benzene rings is 2. The first-order valence-electron chi connectivity index (χ1n) is 8.71. The molecule has 148 valence electrons. The van der Waals surface area contributed by atoms with Crippen LogP contribution in [0.2, 0.25) is 0 Å². The number of nitrogens with one attached hydrogen (secondary N) is 3. The van der Waals surface area contributed by atoms with Gasteiger partial charge in [0.1, 0.15) is 17.1 Å². The van der Waals surface area contributed by atoms with Crippen molar-refractivity contribution >= 4 is 40.5 Å². The van der Waals surface area contributed by atoms with Crippen LogP contribution in [0.5, 0.6) is 11.5 Å². The molecule has 0 aliphatic carbocycles. The number of rotatable bonds is 7. The second-order valence-corrected chi connectivity index (χ2v) is 6.23. The zero-order valence-electron chi connectivity index (χ0n) is 16.0. The van der Waals surface area contributed by atoms with Crippen LogP contribution in [0.15, 0.2) is 42.5 Å². The van der Waals surface area contributed by atoms with Crippen LogP contribution < -0.4 is 25.4 Å². The Kier molecular flexibility index (Phi) is 7.76.